The van der Waals surface area contributed by atoms with Crippen LogP contribution in [-0.2, 0) is 9.53 Å². The molecule has 0 unspecified atom stereocenters. The van der Waals surface area contributed by atoms with Crippen molar-refractivity contribution in [1.29, 1.82) is 0 Å². The number of halogens is 1. The number of nitrogens with two attached hydrogens (primary N) is 1. The zero-order valence-electron chi connectivity index (χ0n) is 10.6. The molecule has 1 fully saturated rings. The van der Waals surface area contributed by atoms with E-state index in [1.165, 1.54) is 33.3 Å². The molecule has 0 radical (unpaired) electrons. The SMILES string of the molecule is COC(=O)[C@](C)(O)[C@@H](N)CC1CCCCC1.Cl. The molecule has 5 heteroatoms. The van der Waals surface area contributed by atoms with Gasteiger partial charge in [0.25, 0.3) is 0 Å². The van der Waals surface area contributed by atoms with Gasteiger partial charge in [-0.25, -0.2) is 4.79 Å². The van der Waals surface area contributed by atoms with Crippen LogP contribution >= 0.6 is 12.4 Å². The normalized spacial score (nSPS) is 22.1. The van der Waals surface area contributed by atoms with Gasteiger partial charge in [-0.3, -0.25) is 0 Å². The summed E-state index contributed by atoms with van der Waals surface area (Å²) in [7, 11) is 1.27. The number of methoxy groups -OCH3 is 1. The average Bonchev–Trinajstić information content (AvgIpc) is 2.29. The van der Waals surface area contributed by atoms with Crippen LogP contribution in [-0.4, -0.2) is 29.8 Å². The third-order valence-electron chi connectivity index (χ3n) is 3.63. The van der Waals surface area contributed by atoms with Gasteiger partial charge in [-0.15, -0.1) is 12.4 Å². The Labute approximate surface area is 109 Å². The number of carbonyl (C=O) groups is 1. The van der Waals surface area contributed by atoms with Gasteiger partial charge in [0.05, 0.1) is 7.11 Å². The first-order valence-electron chi connectivity index (χ1n) is 6.05. The van der Waals surface area contributed by atoms with Crippen molar-refractivity contribution in [2.24, 2.45) is 11.7 Å². The minimum Gasteiger partial charge on any atom is -0.467 e. The molecular weight excluding hydrogens is 242 g/mol. The molecule has 2 atom stereocenters. The first-order chi connectivity index (χ1) is 7.48. The standard InChI is InChI=1S/C12H23NO3.ClH/c1-12(15,11(14)16-2)10(13)8-9-6-4-3-5-7-9;/h9-10,15H,3-8,13H2,1-2H3;1H/t10-,12+;/m0./s1. The van der Waals surface area contributed by atoms with E-state index < -0.39 is 17.6 Å². The Kier molecular flexibility index (Phi) is 7.05. The Balaban J connectivity index is 0.00000256. The van der Waals surface area contributed by atoms with Crippen LogP contribution in [0.5, 0.6) is 0 Å². The summed E-state index contributed by atoms with van der Waals surface area (Å²) in [5.41, 5.74) is 4.34. The van der Waals surface area contributed by atoms with Gasteiger partial charge >= 0.3 is 5.97 Å². The van der Waals surface area contributed by atoms with E-state index in [0.29, 0.717) is 12.3 Å². The Hall–Kier alpha value is -0.320. The van der Waals surface area contributed by atoms with Crippen LogP contribution in [0.1, 0.15) is 45.4 Å². The van der Waals surface area contributed by atoms with Gasteiger partial charge < -0.3 is 15.6 Å². The summed E-state index contributed by atoms with van der Waals surface area (Å²) in [5, 5.41) is 9.98. The van der Waals surface area contributed by atoms with Crippen molar-refractivity contribution in [3.63, 3.8) is 0 Å². The number of hydrogen-bond donors (Lipinski definition) is 2. The fourth-order valence-electron chi connectivity index (χ4n) is 2.37. The molecule has 102 valence electrons. The molecule has 4 nitrogen and oxygen atoms in total. The van der Waals surface area contributed by atoms with Gasteiger partial charge in [-0.1, -0.05) is 32.1 Å². The lowest BCUT2D eigenvalue weighted by atomic mass is 9.81. The van der Waals surface area contributed by atoms with Crippen LogP contribution in [0, 0.1) is 5.92 Å². The minimum atomic E-state index is -1.56. The molecule has 0 aliphatic heterocycles. The number of carbonyl (C=O) groups excluding carboxylic acids is 1. The largest absolute Gasteiger partial charge is 0.467 e. The fraction of sp³-hybridized carbons (Fsp3) is 0.917. The summed E-state index contributed by atoms with van der Waals surface area (Å²) in [6, 6.07) is -0.539. The second-order valence-electron chi connectivity index (χ2n) is 4.99. The number of aliphatic hydroxyl groups is 1. The molecule has 1 rings (SSSR count). The van der Waals surface area contributed by atoms with Crippen molar-refractivity contribution in [2.75, 3.05) is 7.11 Å². The van der Waals surface area contributed by atoms with Gasteiger partial charge in [-0.2, -0.15) is 0 Å². The number of ether oxygens (including phenoxy) is 1. The van der Waals surface area contributed by atoms with Crippen molar-refractivity contribution in [3.05, 3.63) is 0 Å². The highest BCUT2D eigenvalue weighted by molar-refractivity contribution is 5.85. The predicted octanol–water partition coefficient (Wildman–Crippen LogP) is 1.63. The van der Waals surface area contributed by atoms with Crippen molar-refractivity contribution < 1.29 is 14.6 Å². The Morgan fingerprint density at radius 1 is 1.47 bits per heavy atom. The molecule has 0 bridgehead atoms. The Morgan fingerprint density at radius 3 is 2.47 bits per heavy atom. The van der Waals surface area contributed by atoms with Crippen LogP contribution in [0.4, 0.5) is 0 Å². The molecule has 17 heavy (non-hydrogen) atoms. The summed E-state index contributed by atoms with van der Waals surface area (Å²) in [6.45, 7) is 1.44. The van der Waals surface area contributed by atoms with Crippen LogP contribution in [0.25, 0.3) is 0 Å². The van der Waals surface area contributed by atoms with Crippen LogP contribution in [0.15, 0.2) is 0 Å². The molecule has 1 saturated carbocycles. The summed E-state index contributed by atoms with van der Waals surface area (Å²) < 4.78 is 4.56. The maximum atomic E-state index is 11.4. The Morgan fingerprint density at radius 2 is 2.00 bits per heavy atom. The van der Waals surface area contributed by atoms with Crippen molar-refractivity contribution in [1.82, 2.24) is 0 Å². The smallest absolute Gasteiger partial charge is 0.339 e. The van der Waals surface area contributed by atoms with E-state index >= 15 is 0 Å². The molecule has 0 aromatic rings. The molecule has 3 N–H and O–H groups in total. The maximum Gasteiger partial charge on any atom is 0.339 e. The van der Waals surface area contributed by atoms with E-state index in [2.05, 4.69) is 4.74 Å². The fourth-order valence-corrected chi connectivity index (χ4v) is 2.37. The first-order valence-corrected chi connectivity index (χ1v) is 6.05. The van der Waals surface area contributed by atoms with E-state index in [1.54, 1.807) is 0 Å². The van der Waals surface area contributed by atoms with Gasteiger partial charge in [0.2, 0.25) is 0 Å². The van der Waals surface area contributed by atoms with Crippen molar-refractivity contribution in [2.45, 2.75) is 57.1 Å². The molecule has 0 amide bonds. The highest BCUT2D eigenvalue weighted by Crippen LogP contribution is 2.29. The number of rotatable bonds is 4. The van der Waals surface area contributed by atoms with Crippen LogP contribution in [0.2, 0.25) is 0 Å². The summed E-state index contributed by atoms with van der Waals surface area (Å²) >= 11 is 0. The minimum absolute atomic E-state index is 0. The zero-order valence-corrected chi connectivity index (χ0v) is 11.5. The molecule has 0 aromatic carbocycles. The van der Waals surface area contributed by atoms with Crippen molar-refractivity contribution >= 4 is 18.4 Å². The molecule has 0 heterocycles. The summed E-state index contributed by atoms with van der Waals surface area (Å²) in [5.74, 6) is -0.101. The van der Waals surface area contributed by atoms with Gasteiger partial charge in [-0.05, 0) is 19.3 Å². The lowest BCUT2D eigenvalue weighted by Crippen LogP contribution is -2.53. The van der Waals surface area contributed by atoms with E-state index in [4.69, 9.17) is 5.73 Å². The van der Waals surface area contributed by atoms with Gasteiger partial charge in [0.15, 0.2) is 5.60 Å². The zero-order chi connectivity index (χ0) is 12.2. The third-order valence-corrected chi connectivity index (χ3v) is 3.63. The average molecular weight is 266 g/mol. The number of hydrogen-bond acceptors (Lipinski definition) is 4. The summed E-state index contributed by atoms with van der Waals surface area (Å²) in [4.78, 5) is 11.4. The Bertz CT molecular complexity index is 240. The van der Waals surface area contributed by atoms with E-state index in [0.717, 1.165) is 12.8 Å². The highest BCUT2D eigenvalue weighted by Gasteiger charge is 2.39. The molecule has 0 spiro atoms. The van der Waals surface area contributed by atoms with Gasteiger partial charge in [0, 0.05) is 6.04 Å². The molecular formula is C12H24ClNO3. The molecule has 0 aromatic heterocycles. The van der Waals surface area contributed by atoms with Gasteiger partial charge in [0.1, 0.15) is 0 Å². The van der Waals surface area contributed by atoms with E-state index in [-0.39, 0.29) is 12.4 Å². The third kappa shape index (κ3) is 4.45. The van der Waals surface area contributed by atoms with Crippen LogP contribution < -0.4 is 5.73 Å². The lowest BCUT2D eigenvalue weighted by molar-refractivity contribution is -0.163. The highest BCUT2D eigenvalue weighted by atomic mass is 35.5. The molecule has 1 aliphatic rings. The first kappa shape index (κ1) is 16.7. The maximum absolute atomic E-state index is 11.4. The van der Waals surface area contributed by atoms with Crippen LogP contribution in [0.3, 0.4) is 0 Å². The van der Waals surface area contributed by atoms with E-state index in [1.807, 2.05) is 0 Å². The molecule has 1 aliphatic carbocycles. The monoisotopic (exact) mass is 265 g/mol. The summed E-state index contributed by atoms with van der Waals surface area (Å²) in [6.07, 6.45) is 6.77. The lowest BCUT2D eigenvalue weighted by Gasteiger charge is -2.31. The second-order valence-corrected chi connectivity index (χ2v) is 4.99. The topological polar surface area (TPSA) is 72.5 Å². The predicted molar refractivity (Wildman–Crippen MR) is 69.1 cm³/mol. The van der Waals surface area contributed by atoms with Crippen molar-refractivity contribution in [3.8, 4) is 0 Å². The second kappa shape index (κ2) is 7.19. The quantitative estimate of drug-likeness (QED) is 0.758. The number of esters is 1. The molecule has 0 saturated heterocycles. The van der Waals surface area contributed by atoms with E-state index in [9.17, 15) is 9.90 Å².